The molecule has 9 heteroatoms. The number of aliphatic hydroxyl groups is 2. The summed E-state index contributed by atoms with van der Waals surface area (Å²) in [6.45, 7) is 3.23. The van der Waals surface area contributed by atoms with Crippen LogP contribution in [0.4, 0.5) is 5.82 Å². The molecular formula is C14H17N3O5S. The Morgan fingerprint density at radius 1 is 1.30 bits per heavy atom. The van der Waals surface area contributed by atoms with Crippen LogP contribution >= 0.6 is 11.3 Å². The maximum atomic E-state index is 11.2. The number of nitrogens with zero attached hydrogens (tertiary/aromatic N) is 2. The van der Waals surface area contributed by atoms with Gasteiger partial charge in [-0.25, -0.2) is 9.97 Å². The Morgan fingerprint density at radius 3 is 2.83 bits per heavy atom. The first-order valence-corrected chi connectivity index (χ1v) is 8.08. The van der Waals surface area contributed by atoms with Gasteiger partial charge in [0, 0.05) is 5.38 Å². The molecule has 0 amide bonds. The Morgan fingerprint density at radius 2 is 2.09 bits per heavy atom. The number of aliphatic hydroxyl groups excluding tert-OH is 1. The average Bonchev–Trinajstić information content (AvgIpc) is 3.12. The molecule has 0 saturated carbocycles. The first kappa shape index (κ1) is 15.2. The molecule has 0 aromatic carbocycles. The Balaban J connectivity index is 1.84. The van der Waals surface area contributed by atoms with E-state index in [1.807, 2.05) is 0 Å². The van der Waals surface area contributed by atoms with Gasteiger partial charge in [0.1, 0.15) is 30.5 Å². The number of hydrogen-bond acceptors (Lipinski definition) is 9. The summed E-state index contributed by atoms with van der Waals surface area (Å²) >= 11 is 1.26. The minimum absolute atomic E-state index is 0.288. The number of hydrogen-bond donors (Lipinski definition) is 3. The SMILES string of the molecule is CC1(C)O[C@H]2[C@@H](O1)C(O)(c1scc3c(N)ncnc13)O[C@@H]2CO. The van der Waals surface area contributed by atoms with Gasteiger partial charge in [-0.1, -0.05) is 0 Å². The lowest BCUT2D eigenvalue weighted by Crippen LogP contribution is -2.40. The van der Waals surface area contributed by atoms with Crippen molar-refractivity contribution in [2.75, 3.05) is 12.3 Å². The summed E-state index contributed by atoms with van der Waals surface area (Å²) in [4.78, 5) is 8.63. The van der Waals surface area contributed by atoms with Crippen LogP contribution in [0.2, 0.25) is 0 Å². The van der Waals surface area contributed by atoms with Gasteiger partial charge < -0.3 is 30.2 Å². The van der Waals surface area contributed by atoms with Crippen LogP contribution in [0.3, 0.4) is 0 Å². The average molecular weight is 339 g/mol. The second-order valence-electron chi connectivity index (χ2n) is 6.14. The predicted molar refractivity (Wildman–Crippen MR) is 81.5 cm³/mol. The zero-order chi connectivity index (χ0) is 16.4. The summed E-state index contributed by atoms with van der Waals surface area (Å²) in [7, 11) is 0. The molecule has 4 atom stereocenters. The fraction of sp³-hybridized carbons (Fsp3) is 0.571. The summed E-state index contributed by atoms with van der Waals surface area (Å²) in [5.74, 6) is -2.31. The van der Waals surface area contributed by atoms with Crippen molar-refractivity contribution in [2.24, 2.45) is 0 Å². The highest BCUT2D eigenvalue weighted by atomic mass is 32.1. The molecule has 2 aromatic heterocycles. The number of nitrogen functional groups attached to an aromatic ring is 1. The fourth-order valence-electron chi connectivity index (χ4n) is 3.19. The van der Waals surface area contributed by atoms with Crippen molar-refractivity contribution < 1.29 is 24.4 Å². The highest BCUT2D eigenvalue weighted by molar-refractivity contribution is 7.11. The standard InChI is InChI=1S/C14H17N3O5S/c1-13(2)21-9-7(3-18)20-14(19,10(9)22-13)11-8-6(4-23-11)12(15)17-5-16-8/h4-5,7,9-10,18-19H,3H2,1-2H3,(H2,15,16,17)/t7-,9-,10-,14?/m1/s1. The first-order chi connectivity index (χ1) is 10.9. The van der Waals surface area contributed by atoms with Crippen molar-refractivity contribution in [3.63, 3.8) is 0 Å². The third-order valence-corrected chi connectivity index (χ3v) is 5.22. The Bertz CT molecular complexity index is 766. The van der Waals surface area contributed by atoms with E-state index in [1.165, 1.54) is 17.7 Å². The lowest BCUT2D eigenvalue weighted by Gasteiger charge is -2.29. The van der Waals surface area contributed by atoms with Crippen molar-refractivity contribution in [1.82, 2.24) is 9.97 Å². The summed E-state index contributed by atoms with van der Waals surface area (Å²) in [6, 6.07) is 0. The van der Waals surface area contributed by atoms with Crippen LogP contribution in [0.5, 0.6) is 0 Å². The smallest absolute Gasteiger partial charge is 0.234 e. The molecule has 8 nitrogen and oxygen atoms in total. The largest absolute Gasteiger partial charge is 0.394 e. The third-order valence-electron chi connectivity index (χ3n) is 4.14. The van der Waals surface area contributed by atoms with Gasteiger partial charge in [0.15, 0.2) is 5.79 Å². The van der Waals surface area contributed by atoms with Crippen LogP contribution in [0, 0.1) is 0 Å². The van der Waals surface area contributed by atoms with Gasteiger partial charge in [-0.3, -0.25) is 0 Å². The molecule has 2 saturated heterocycles. The number of fused-ring (bicyclic) bond motifs is 2. The van der Waals surface area contributed by atoms with Crippen molar-refractivity contribution in [2.45, 2.75) is 43.7 Å². The van der Waals surface area contributed by atoms with Gasteiger partial charge in [-0.2, -0.15) is 0 Å². The highest BCUT2D eigenvalue weighted by Gasteiger charge is 2.64. The molecule has 1 unspecified atom stereocenters. The molecular weight excluding hydrogens is 322 g/mol. The van der Waals surface area contributed by atoms with Crippen LogP contribution in [-0.2, 0) is 20.0 Å². The van der Waals surface area contributed by atoms with Gasteiger partial charge >= 0.3 is 0 Å². The second-order valence-corrected chi connectivity index (χ2v) is 7.02. The van der Waals surface area contributed by atoms with Crippen LogP contribution in [0.1, 0.15) is 18.7 Å². The molecule has 0 radical (unpaired) electrons. The van der Waals surface area contributed by atoms with Crippen molar-refractivity contribution in [3.8, 4) is 0 Å². The third kappa shape index (κ3) is 2.09. The molecule has 2 aromatic rings. The van der Waals surface area contributed by atoms with Crippen molar-refractivity contribution in [3.05, 3.63) is 16.6 Å². The molecule has 2 fully saturated rings. The topological polar surface area (TPSA) is 120 Å². The minimum Gasteiger partial charge on any atom is -0.394 e. The fourth-order valence-corrected chi connectivity index (χ4v) is 4.26. The molecule has 0 bridgehead atoms. The summed E-state index contributed by atoms with van der Waals surface area (Å²) in [5, 5.41) is 23.2. The summed E-state index contributed by atoms with van der Waals surface area (Å²) in [5.41, 5.74) is 6.36. The molecule has 4 rings (SSSR count). The predicted octanol–water partition coefficient (Wildman–Crippen LogP) is 0.330. The maximum Gasteiger partial charge on any atom is 0.234 e. The van der Waals surface area contributed by atoms with Crippen LogP contribution in [0.15, 0.2) is 11.7 Å². The monoisotopic (exact) mass is 339 g/mol. The number of ether oxygens (including phenoxy) is 3. The van der Waals surface area contributed by atoms with E-state index in [0.29, 0.717) is 21.6 Å². The number of thiophene rings is 1. The van der Waals surface area contributed by atoms with Crippen molar-refractivity contribution >= 4 is 28.1 Å². The first-order valence-electron chi connectivity index (χ1n) is 7.20. The summed E-state index contributed by atoms with van der Waals surface area (Å²) < 4.78 is 17.3. The number of nitrogens with two attached hydrogens (primary N) is 1. The molecule has 124 valence electrons. The normalized spacial score (nSPS) is 35.7. The molecule has 4 N–H and O–H groups in total. The van der Waals surface area contributed by atoms with Crippen LogP contribution in [0.25, 0.3) is 10.9 Å². The number of rotatable bonds is 2. The van der Waals surface area contributed by atoms with Gasteiger partial charge in [0.05, 0.1) is 22.4 Å². The molecule has 23 heavy (non-hydrogen) atoms. The van der Waals surface area contributed by atoms with Gasteiger partial charge in [0.2, 0.25) is 5.79 Å². The van der Waals surface area contributed by atoms with Crippen LogP contribution < -0.4 is 5.73 Å². The molecule has 2 aliphatic heterocycles. The van der Waals surface area contributed by atoms with Gasteiger partial charge in [-0.05, 0) is 13.8 Å². The molecule has 2 aliphatic rings. The van der Waals surface area contributed by atoms with E-state index in [2.05, 4.69) is 9.97 Å². The second kappa shape index (κ2) is 4.82. The van der Waals surface area contributed by atoms with E-state index >= 15 is 0 Å². The van der Waals surface area contributed by atoms with E-state index < -0.39 is 29.9 Å². The summed E-state index contributed by atoms with van der Waals surface area (Å²) in [6.07, 6.45) is -0.699. The van der Waals surface area contributed by atoms with Crippen LogP contribution in [-0.4, -0.2) is 50.9 Å². The minimum atomic E-state index is -1.76. The molecule has 0 spiro atoms. The zero-order valence-electron chi connectivity index (χ0n) is 12.6. The van der Waals surface area contributed by atoms with E-state index in [9.17, 15) is 10.2 Å². The Kier molecular flexibility index (Phi) is 3.18. The highest BCUT2D eigenvalue weighted by Crippen LogP contribution is 2.50. The van der Waals surface area contributed by atoms with E-state index in [4.69, 9.17) is 19.9 Å². The molecule has 0 aliphatic carbocycles. The van der Waals surface area contributed by atoms with E-state index in [1.54, 1.807) is 19.2 Å². The van der Waals surface area contributed by atoms with E-state index in [0.717, 1.165) is 0 Å². The van der Waals surface area contributed by atoms with Gasteiger partial charge in [-0.15, -0.1) is 11.3 Å². The zero-order valence-corrected chi connectivity index (χ0v) is 13.4. The quantitative estimate of drug-likeness (QED) is 0.716. The lowest BCUT2D eigenvalue weighted by atomic mass is 10.0. The van der Waals surface area contributed by atoms with Crippen molar-refractivity contribution in [1.29, 1.82) is 0 Å². The number of aromatic nitrogens is 2. The van der Waals surface area contributed by atoms with Gasteiger partial charge in [0.25, 0.3) is 0 Å². The Labute approximate surface area is 135 Å². The molecule has 4 heterocycles. The number of anilines is 1. The van der Waals surface area contributed by atoms with E-state index in [-0.39, 0.29) is 6.61 Å². The lowest BCUT2D eigenvalue weighted by molar-refractivity contribution is -0.281. The maximum absolute atomic E-state index is 11.2. The Hall–Kier alpha value is -1.36.